The molecule has 0 fully saturated rings. The molecule has 27 heavy (non-hydrogen) atoms. The topological polar surface area (TPSA) is 45.2 Å². The molecular formula is C21H22BrN3OS. The molecule has 2 amide bonds. The SMILES string of the molecule is CCCN(C(=O)Nc1cc(C)cc(C)c1)c1nc(-c2cccc(Br)c2)cs1. The molecule has 0 saturated heterocycles. The van der Waals surface area contributed by atoms with Crippen molar-refractivity contribution in [3.63, 3.8) is 0 Å². The molecule has 0 bridgehead atoms. The minimum atomic E-state index is -0.156. The van der Waals surface area contributed by atoms with Crippen LogP contribution in [0.4, 0.5) is 15.6 Å². The number of thiazole rings is 1. The second kappa shape index (κ2) is 8.67. The zero-order valence-electron chi connectivity index (χ0n) is 15.6. The lowest BCUT2D eigenvalue weighted by Crippen LogP contribution is -2.35. The van der Waals surface area contributed by atoms with E-state index in [-0.39, 0.29) is 6.03 Å². The van der Waals surface area contributed by atoms with Gasteiger partial charge >= 0.3 is 6.03 Å². The molecule has 1 N–H and O–H groups in total. The van der Waals surface area contributed by atoms with Crippen LogP contribution in [0.1, 0.15) is 24.5 Å². The molecule has 0 aliphatic heterocycles. The van der Waals surface area contributed by atoms with Crippen molar-refractivity contribution in [2.75, 3.05) is 16.8 Å². The van der Waals surface area contributed by atoms with E-state index in [0.717, 1.165) is 39.0 Å². The average Bonchev–Trinajstić information content (AvgIpc) is 3.08. The fourth-order valence-corrected chi connectivity index (χ4v) is 4.17. The molecule has 0 radical (unpaired) electrons. The summed E-state index contributed by atoms with van der Waals surface area (Å²) >= 11 is 4.98. The molecular weight excluding hydrogens is 422 g/mol. The second-order valence-electron chi connectivity index (χ2n) is 6.48. The molecule has 4 nitrogen and oxygen atoms in total. The van der Waals surface area contributed by atoms with Gasteiger partial charge in [-0.2, -0.15) is 0 Å². The van der Waals surface area contributed by atoms with E-state index >= 15 is 0 Å². The normalized spacial score (nSPS) is 10.7. The molecule has 3 rings (SSSR count). The molecule has 3 aromatic rings. The number of aryl methyl sites for hydroxylation is 2. The fourth-order valence-electron chi connectivity index (χ4n) is 2.91. The number of hydrogen-bond donors (Lipinski definition) is 1. The summed E-state index contributed by atoms with van der Waals surface area (Å²) in [6.45, 7) is 6.72. The highest BCUT2D eigenvalue weighted by molar-refractivity contribution is 9.10. The molecule has 0 aliphatic rings. The number of carbonyl (C=O) groups is 1. The quantitative estimate of drug-likeness (QED) is 0.480. The predicted octanol–water partition coefficient (Wildman–Crippen LogP) is 6.64. The highest BCUT2D eigenvalue weighted by atomic mass is 79.9. The smallest absolute Gasteiger partial charge is 0.307 e. The van der Waals surface area contributed by atoms with E-state index in [9.17, 15) is 4.79 Å². The number of halogens is 1. The second-order valence-corrected chi connectivity index (χ2v) is 8.24. The summed E-state index contributed by atoms with van der Waals surface area (Å²) in [5, 5.41) is 5.70. The van der Waals surface area contributed by atoms with E-state index in [4.69, 9.17) is 4.98 Å². The summed E-state index contributed by atoms with van der Waals surface area (Å²) in [6.07, 6.45) is 0.853. The van der Waals surface area contributed by atoms with E-state index in [1.54, 1.807) is 4.90 Å². The summed E-state index contributed by atoms with van der Waals surface area (Å²) in [6, 6.07) is 13.9. The van der Waals surface area contributed by atoms with Crippen LogP contribution < -0.4 is 10.2 Å². The summed E-state index contributed by atoms with van der Waals surface area (Å²) < 4.78 is 1.01. The third kappa shape index (κ3) is 4.96. The van der Waals surface area contributed by atoms with Crippen molar-refractivity contribution < 1.29 is 4.79 Å². The third-order valence-electron chi connectivity index (χ3n) is 4.01. The number of aromatic nitrogens is 1. The number of rotatable bonds is 5. The Morgan fingerprint density at radius 1 is 1.19 bits per heavy atom. The minimum absolute atomic E-state index is 0.156. The molecule has 0 atom stereocenters. The first-order valence-corrected chi connectivity index (χ1v) is 10.5. The fraction of sp³-hybridized carbons (Fsp3) is 0.238. The van der Waals surface area contributed by atoms with Gasteiger partial charge in [0.25, 0.3) is 0 Å². The Morgan fingerprint density at radius 2 is 1.93 bits per heavy atom. The number of hydrogen-bond acceptors (Lipinski definition) is 3. The standard InChI is InChI=1S/C21H22BrN3OS/c1-4-8-25(20(26)23-18-10-14(2)9-15(3)11-18)21-24-19(13-27-21)16-6-5-7-17(22)12-16/h5-7,9-13H,4,8H2,1-3H3,(H,23,26). The first-order valence-electron chi connectivity index (χ1n) is 8.84. The van der Waals surface area contributed by atoms with Gasteiger partial charge in [-0.25, -0.2) is 9.78 Å². The van der Waals surface area contributed by atoms with Gasteiger partial charge in [0.15, 0.2) is 5.13 Å². The van der Waals surface area contributed by atoms with Crippen LogP contribution in [0.3, 0.4) is 0 Å². The van der Waals surface area contributed by atoms with Gasteiger partial charge in [-0.05, 0) is 55.7 Å². The molecule has 0 unspecified atom stereocenters. The lowest BCUT2D eigenvalue weighted by Gasteiger charge is -2.20. The minimum Gasteiger partial charge on any atom is -0.307 e. The van der Waals surface area contributed by atoms with E-state index in [0.29, 0.717) is 11.7 Å². The Morgan fingerprint density at radius 3 is 2.59 bits per heavy atom. The number of carbonyl (C=O) groups excluding carboxylic acids is 1. The summed E-state index contributed by atoms with van der Waals surface area (Å²) in [4.78, 5) is 19.3. The first kappa shape index (κ1) is 19.6. The van der Waals surface area contributed by atoms with Crippen LogP contribution in [-0.4, -0.2) is 17.6 Å². The number of nitrogens with one attached hydrogen (secondary N) is 1. The number of amides is 2. The van der Waals surface area contributed by atoms with E-state index < -0.39 is 0 Å². The van der Waals surface area contributed by atoms with Gasteiger partial charge in [0.05, 0.1) is 5.69 Å². The number of urea groups is 1. The Kier molecular flexibility index (Phi) is 6.29. The van der Waals surface area contributed by atoms with Gasteiger partial charge in [-0.1, -0.05) is 41.1 Å². The van der Waals surface area contributed by atoms with Crippen LogP contribution in [0, 0.1) is 13.8 Å². The van der Waals surface area contributed by atoms with Crippen LogP contribution >= 0.6 is 27.3 Å². The van der Waals surface area contributed by atoms with E-state index in [1.165, 1.54) is 11.3 Å². The number of anilines is 2. The summed E-state index contributed by atoms with van der Waals surface area (Å²) in [5.74, 6) is 0. The lowest BCUT2D eigenvalue weighted by atomic mass is 10.1. The van der Waals surface area contributed by atoms with E-state index in [1.807, 2.05) is 55.6 Å². The van der Waals surface area contributed by atoms with Gasteiger partial charge in [0.1, 0.15) is 0 Å². The van der Waals surface area contributed by atoms with Crippen LogP contribution in [0.5, 0.6) is 0 Å². The van der Waals surface area contributed by atoms with Crippen molar-refractivity contribution in [3.05, 3.63) is 63.4 Å². The Balaban J connectivity index is 1.83. The Hall–Kier alpha value is -2.18. The van der Waals surface area contributed by atoms with E-state index in [2.05, 4.69) is 34.2 Å². The van der Waals surface area contributed by atoms with Gasteiger partial charge < -0.3 is 5.32 Å². The maximum atomic E-state index is 12.9. The zero-order chi connectivity index (χ0) is 19.4. The molecule has 2 aromatic carbocycles. The Bertz CT molecular complexity index is 934. The number of nitrogens with zero attached hydrogens (tertiary/aromatic N) is 2. The first-order chi connectivity index (χ1) is 13.0. The summed E-state index contributed by atoms with van der Waals surface area (Å²) in [7, 11) is 0. The molecule has 6 heteroatoms. The van der Waals surface area contributed by atoms with Crippen molar-refractivity contribution in [1.29, 1.82) is 0 Å². The van der Waals surface area contributed by atoms with Crippen LogP contribution in [0.2, 0.25) is 0 Å². The largest absolute Gasteiger partial charge is 0.328 e. The molecule has 1 aromatic heterocycles. The average molecular weight is 444 g/mol. The van der Waals surface area contributed by atoms with Gasteiger partial charge in [0.2, 0.25) is 0 Å². The highest BCUT2D eigenvalue weighted by Gasteiger charge is 2.19. The third-order valence-corrected chi connectivity index (χ3v) is 5.37. The Labute approximate surface area is 172 Å². The molecule has 0 spiro atoms. The predicted molar refractivity (Wildman–Crippen MR) is 118 cm³/mol. The van der Waals surface area contributed by atoms with Gasteiger partial charge in [0, 0.05) is 27.6 Å². The van der Waals surface area contributed by atoms with Crippen molar-refractivity contribution in [2.24, 2.45) is 0 Å². The maximum absolute atomic E-state index is 12.9. The molecule has 1 heterocycles. The van der Waals surface area contributed by atoms with Gasteiger partial charge in [-0.3, -0.25) is 4.90 Å². The molecule has 0 saturated carbocycles. The van der Waals surface area contributed by atoms with Crippen molar-refractivity contribution in [1.82, 2.24) is 4.98 Å². The highest BCUT2D eigenvalue weighted by Crippen LogP contribution is 2.29. The zero-order valence-corrected chi connectivity index (χ0v) is 18.0. The van der Waals surface area contributed by atoms with Crippen molar-refractivity contribution >= 4 is 44.1 Å². The maximum Gasteiger partial charge on any atom is 0.328 e. The molecule has 0 aliphatic carbocycles. The van der Waals surface area contributed by atoms with Crippen LogP contribution in [0.25, 0.3) is 11.3 Å². The monoisotopic (exact) mass is 443 g/mol. The number of benzene rings is 2. The van der Waals surface area contributed by atoms with Crippen molar-refractivity contribution in [3.8, 4) is 11.3 Å². The van der Waals surface area contributed by atoms with Crippen LogP contribution in [0.15, 0.2) is 52.3 Å². The lowest BCUT2D eigenvalue weighted by molar-refractivity contribution is 0.257. The molecule has 140 valence electrons. The summed E-state index contributed by atoms with van der Waals surface area (Å²) in [5.41, 5.74) is 4.95. The van der Waals surface area contributed by atoms with Crippen LogP contribution in [-0.2, 0) is 0 Å². The van der Waals surface area contributed by atoms with Gasteiger partial charge in [-0.15, -0.1) is 11.3 Å². The van der Waals surface area contributed by atoms with Crippen molar-refractivity contribution in [2.45, 2.75) is 27.2 Å².